The van der Waals surface area contributed by atoms with Crippen LogP contribution in [0.25, 0.3) is 0 Å². The number of halogens is 3. The molecule has 0 saturated heterocycles. The Kier molecular flexibility index (Phi) is 5.06. The van der Waals surface area contributed by atoms with Crippen molar-refractivity contribution in [3.05, 3.63) is 18.2 Å². The van der Waals surface area contributed by atoms with Gasteiger partial charge < -0.3 is 10.1 Å². The topological polar surface area (TPSA) is 34.1 Å². The number of rotatable bonds is 6. The monoisotopic (exact) mass is 248 g/mol. The molecule has 0 aromatic carbocycles. The highest BCUT2D eigenvalue weighted by molar-refractivity contribution is 5.36. The standard InChI is InChI=1S/C11H15F3N2O/c1-2-17-10-6-3-5-9(16-10)15-8-4-7-11(12,13)14/h3,5-6H,2,4,7-8H2,1H3,(H,15,16). The lowest BCUT2D eigenvalue weighted by Gasteiger charge is -2.09. The number of nitrogens with one attached hydrogen (secondary N) is 1. The molecule has 1 heterocycles. The van der Waals surface area contributed by atoms with Gasteiger partial charge in [-0.2, -0.15) is 18.2 Å². The van der Waals surface area contributed by atoms with E-state index in [1.54, 1.807) is 18.2 Å². The molecule has 3 nitrogen and oxygen atoms in total. The van der Waals surface area contributed by atoms with E-state index >= 15 is 0 Å². The first kappa shape index (κ1) is 13.6. The van der Waals surface area contributed by atoms with Gasteiger partial charge in [0.15, 0.2) is 0 Å². The van der Waals surface area contributed by atoms with E-state index in [0.717, 1.165) is 0 Å². The van der Waals surface area contributed by atoms with Crippen LogP contribution < -0.4 is 10.1 Å². The molecule has 0 amide bonds. The summed E-state index contributed by atoms with van der Waals surface area (Å²) < 4.78 is 40.8. The Bertz CT molecular complexity index is 342. The van der Waals surface area contributed by atoms with Crippen LogP contribution in [-0.2, 0) is 0 Å². The van der Waals surface area contributed by atoms with Gasteiger partial charge in [-0.25, -0.2) is 0 Å². The van der Waals surface area contributed by atoms with Crippen molar-refractivity contribution < 1.29 is 17.9 Å². The highest BCUT2D eigenvalue weighted by atomic mass is 19.4. The van der Waals surface area contributed by atoms with Crippen LogP contribution in [0.4, 0.5) is 19.0 Å². The molecule has 0 radical (unpaired) electrons. The van der Waals surface area contributed by atoms with Gasteiger partial charge in [-0.1, -0.05) is 6.07 Å². The molecule has 17 heavy (non-hydrogen) atoms. The summed E-state index contributed by atoms with van der Waals surface area (Å²) in [4.78, 5) is 4.08. The summed E-state index contributed by atoms with van der Waals surface area (Å²) in [6, 6.07) is 5.13. The highest BCUT2D eigenvalue weighted by Crippen LogP contribution is 2.21. The van der Waals surface area contributed by atoms with E-state index in [1.165, 1.54) is 0 Å². The lowest BCUT2D eigenvalue weighted by molar-refractivity contribution is -0.134. The molecule has 1 aromatic rings. The zero-order valence-electron chi connectivity index (χ0n) is 9.55. The maximum atomic E-state index is 11.9. The number of pyridine rings is 1. The second-order valence-electron chi connectivity index (χ2n) is 3.44. The van der Waals surface area contributed by atoms with Crippen LogP contribution in [0.2, 0.25) is 0 Å². The first-order chi connectivity index (χ1) is 8.01. The molecule has 1 N–H and O–H groups in total. The van der Waals surface area contributed by atoms with Gasteiger partial charge >= 0.3 is 6.18 Å². The van der Waals surface area contributed by atoms with Gasteiger partial charge in [0.25, 0.3) is 0 Å². The van der Waals surface area contributed by atoms with Gasteiger partial charge in [-0.3, -0.25) is 0 Å². The van der Waals surface area contributed by atoms with E-state index in [9.17, 15) is 13.2 Å². The summed E-state index contributed by atoms with van der Waals surface area (Å²) >= 11 is 0. The highest BCUT2D eigenvalue weighted by Gasteiger charge is 2.25. The third-order valence-corrected chi connectivity index (χ3v) is 1.96. The number of ether oxygens (including phenoxy) is 1. The molecule has 0 aliphatic heterocycles. The second-order valence-corrected chi connectivity index (χ2v) is 3.44. The SMILES string of the molecule is CCOc1cccc(NCCCC(F)(F)F)n1. The Morgan fingerprint density at radius 3 is 2.76 bits per heavy atom. The van der Waals surface area contributed by atoms with Gasteiger partial charge in [0.05, 0.1) is 6.61 Å². The van der Waals surface area contributed by atoms with Crippen molar-refractivity contribution in [2.45, 2.75) is 25.9 Å². The molecule has 1 rings (SSSR count). The Hall–Kier alpha value is -1.46. The van der Waals surface area contributed by atoms with Gasteiger partial charge in [0.1, 0.15) is 5.82 Å². The fraction of sp³-hybridized carbons (Fsp3) is 0.545. The zero-order chi connectivity index (χ0) is 12.7. The summed E-state index contributed by atoms with van der Waals surface area (Å²) in [6.45, 7) is 2.58. The average molecular weight is 248 g/mol. The number of aromatic nitrogens is 1. The number of alkyl halides is 3. The summed E-state index contributed by atoms with van der Waals surface area (Å²) in [7, 11) is 0. The molecule has 0 atom stereocenters. The molecular formula is C11H15F3N2O. The van der Waals surface area contributed by atoms with Crippen LogP contribution in [0, 0.1) is 0 Å². The molecule has 0 unspecified atom stereocenters. The van der Waals surface area contributed by atoms with E-state index in [1.807, 2.05) is 6.92 Å². The fourth-order valence-electron chi connectivity index (χ4n) is 1.25. The molecule has 1 aromatic heterocycles. The minimum Gasteiger partial charge on any atom is -0.478 e. The van der Waals surface area contributed by atoms with Crippen molar-refractivity contribution >= 4 is 5.82 Å². The first-order valence-corrected chi connectivity index (χ1v) is 5.42. The molecule has 0 aliphatic carbocycles. The summed E-state index contributed by atoms with van der Waals surface area (Å²) in [5.74, 6) is 0.992. The van der Waals surface area contributed by atoms with Gasteiger partial charge in [0, 0.05) is 19.0 Å². The number of hydrogen-bond acceptors (Lipinski definition) is 3. The largest absolute Gasteiger partial charge is 0.478 e. The molecular weight excluding hydrogens is 233 g/mol. The Morgan fingerprint density at radius 2 is 2.12 bits per heavy atom. The molecule has 0 fully saturated rings. The number of anilines is 1. The molecule has 0 spiro atoms. The van der Waals surface area contributed by atoms with Crippen LogP contribution in [0.3, 0.4) is 0 Å². The molecule has 0 aliphatic rings. The van der Waals surface area contributed by atoms with Crippen molar-refractivity contribution in [1.82, 2.24) is 4.98 Å². The molecule has 6 heteroatoms. The van der Waals surface area contributed by atoms with E-state index in [-0.39, 0.29) is 13.0 Å². The zero-order valence-corrected chi connectivity index (χ0v) is 9.55. The lowest BCUT2D eigenvalue weighted by atomic mass is 10.3. The summed E-state index contributed by atoms with van der Waals surface area (Å²) in [5, 5.41) is 2.82. The van der Waals surface area contributed by atoms with Gasteiger partial charge in [0.2, 0.25) is 5.88 Å². The Labute approximate surface area is 98.0 Å². The maximum absolute atomic E-state index is 11.9. The average Bonchev–Trinajstić information content (AvgIpc) is 2.24. The number of nitrogens with zero attached hydrogens (tertiary/aromatic N) is 1. The third-order valence-electron chi connectivity index (χ3n) is 1.96. The van der Waals surface area contributed by atoms with Gasteiger partial charge in [-0.05, 0) is 19.4 Å². The van der Waals surface area contributed by atoms with E-state index < -0.39 is 12.6 Å². The lowest BCUT2D eigenvalue weighted by Crippen LogP contribution is -2.11. The van der Waals surface area contributed by atoms with E-state index in [2.05, 4.69) is 10.3 Å². The predicted octanol–water partition coefficient (Wildman–Crippen LogP) is 3.23. The summed E-state index contributed by atoms with van der Waals surface area (Å²) in [6.07, 6.45) is -4.85. The molecule has 96 valence electrons. The van der Waals surface area contributed by atoms with Crippen molar-refractivity contribution in [1.29, 1.82) is 0 Å². The fourth-order valence-corrected chi connectivity index (χ4v) is 1.25. The van der Waals surface area contributed by atoms with Gasteiger partial charge in [-0.15, -0.1) is 0 Å². The van der Waals surface area contributed by atoms with Crippen molar-refractivity contribution in [3.63, 3.8) is 0 Å². The minimum absolute atomic E-state index is 0.0318. The normalized spacial score (nSPS) is 11.3. The molecule has 0 saturated carbocycles. The first-order valence-electron chi connectivity index (χ1n) is 5.42. The third kappa shape index (κ3) is 5.99. The Morgan fingerprint density at radius 1 is 1.35 bits per heavy atom. The van der Waals surface area contributed by atoms with Crippen LogP contribution in [0.1, 0.15) is 19.8 Å². The smallest absolute Gasteiger partial charge is 0.389 e. The van der Waals surface area contributed by atoms with Crippen LogP contribution >= 0.6 is 0 Å². The number of hydrogen-bond donors (Lipinski definition) is 1. The van der Waals surface area contributed by atoms with E-state index in [0.29, 0.717) is 18.3 Å². The quantitative estimate of drug-likeness (QED) is 0.785. The summed E-state index contributed by atoms with van der Waals surface area (Å²) in [5.41, 5.74) is 0. The van der Waals surface area contributed by atoms with Crippen molar-refractivity contribution in [2.75, 3.05) is 18.5 Å². The van der Waals surface area contributed by atoms with Crippen LogP contribution in [0.5, 0.6) is 5.88 Å². The molecule has 0 bridgehead atoms. The second kappa shape index (κ2) is 6.32. The predicted molar refractivity (Wildman–Crippen MR) is 59.2 cm³/mol. The minimum atomic E-state index is -4.09. The van der Waals surface area contributed by atoms with Crippen LogP contribution in [0.15, 0.2) is 18.2 Å². The van der Waals surface area contributed by atoms with E-state index in [4.69, 9.17) is 4.74 Å². The Balaban J connectivity index is 2.34. The van der Waals surface area contributed by atoms with Crippen LogP contribution in [-0.4, -0.2) is 24.3 Å². The maximum Gasteiger partial charge on any atom is 0.389 e. The van der Waals surface area contributed by atoms with Crippen molar-refractivity contribution in [3.8, 4) is 5.88 Å². The van der Waals surface area contributed by atoms with Crippen molar-refractivity contribution in [2.24, 2.45) is 0 Å².